The summed E-state index contributed by atoms with van der Waals surface area (Å²) in [5.41, 5.74) is 7.02. The van der Waals surface area contributed by atoms with E-state index in [9.17, 15) is 0 Å². The molecule has 0 spiro atoms. The first-order valence-corrected chi connectivity index (χ1v) is 7.49. The van der Waals surface area contributed by atoms with Crippen LogP contribution in [0, 0.1) is 0 Å². The number of hydrogen-bond acceptors (Lipinski definition) is 3. The molecule has 1 saturated carbocycles. The molecule has 0 aromatic carbocycles. The lowest BCUT2D eigenvalue weighted by atomic mass is 10.0. The molecule has 2 rings (SSSR count). The summed E-state index contributed by atoms with van der Waals surface area (Å²) in [6.45, 7) is 2.03. The number of aromatic nitrogens is 1. The van der Waals surface area contributed by atoms with E-state index < -0.39 is 0 Å². The van der Waals surface area contributed by atoms with Crippen LogP contribution in [0.25, 0.3) is 0 Å². The largest absolute Gasteiger partial charge is 0.328 e. The van der Waals surface area contributed by atoms with Crippen LogP contribution in [-0.2, 0) is 6.42 Å². The van der Waals surface area contributed by atoms with Crippen molar-refractivity contribution in [2.24, 2.45) is 5.73 Å². The Balaban J connectivity index is 1.88. The average molecular weight is 250 g/mol. The fourth-order valence-electron chi connectivity index (χ4n) is 2.33. The molecule has 3 heteroatoms. The van der Waals surface area contributed by atoms with Gasteiger partial charge in [-0.15, -0.1) is 11.8 Å². The van der Waals surface area contributed by atoms with E-state index >= 15 is 0 Å². The molecular formula is C14H22N2S. The molecular weight excluding hydrogens is 228 g/mol. The van der Waals surface area contributed by atoms with Crippen molar-refractivity contribution in [2.45, 2.75) is 61.8 Å². The second-order valence-electron chi connectivity index (χ2n) is 5.06. The second-order valence-corrected chi connectivity index (χ2v) is 6.38. The van der Waals surface area contributed by atoms with Gasteiger partial charge in [-0.3, -0.25) is 0 Å². The Morgan fingerprint density at radius 2 is 2.12 bits per heavy atom. The minimum atomic E-state index is 0.216. The minimum absolute atomic E-state index is 0.216. The fourth-order valence-corrected chi connectivity index (χ4v) is 3.50. The zero-order valence-corrected chi connectivity index (χ0v) is 11.4. The van der Waals surface area contributed by atoms with Crippen molar-refractivity contribution in [1.82, 2.24) is 4.98 Å². The molecule has 1 aliphatic carbocycles. The van der Waals surface area contributed by atoms with Gasteiger partial charge in [0, 0.05) is 17.5 Å². The third kappa shape index (κ3) is 4.32. The minimum Gasteiger partial charge on any atom is -0.328 e. The number of hydrogen-bond donors (Lipinski definition) is 1. The second kappa shape index (κ2) is 6.41. The van der Waals surface area contributed by atoms with Gasteiger partial charge in [-0.1, -0.05) is 25.3 Å². The van der Waals surface area contributed by atoms with Gasteiger partial charge >= 0.3 is 0 Å². The van der Waals surface area contributed by atoms with E-state index in [-0.39, 0.29) is 6.04 Å². The summed E-state index contributed by atoms with van der Waals surface area (Å²) in [6.07, 6.45) is 9.80. The van der Waals surface area contributed by atoms with E-state index in [2.05, 4.69) is 17.1 Å². The van der Waals surface area contributed by atoms with Crippen molar-refractivity contribution in [2.75, 3.05) is 0 Å². The van der Waals surface area contributed by atoms with Crippen molar-refractivity contribution in [3.63, 3.8) is 0 Å². The van der Waals surface area contributed by atoms with Crippen molar-refractivity contribution < 1.29 is 0 Å². The molecule has 94 valence electrons. The van der Waals surface area contributed by atoms with Gasteiger partial charge in [-0.2, -0.15) is 0 Å². The van der Waals surface area contributed by atoms with E-state index in [1.807, 2.05) is 24.9 Å². The van der Waals surface area contributed by atoms with Crippen molar-refractivity contribution in [3.05, 3.63) is 23.9 Å². The van der Waals surface area contributed by atoms with E-state index in [1.165, 1.54) is 42.7 Å². The van der Waals surface area contributed by atoms with Gasteiger partial charge in [0.05, 0.1) is 5.03 Å². The monoisotopic (exact) mass is 250 g/mol. The highest BCUT2D eigenvalue weighted by atomic mass is 32.2. The first-order valence-electron chi connectivity index (χ1n) is 6.61. The Labute approximate surface area is 108 Å². The lowest BCUT2D eigenvalue weighted by molar-refractivity contribution is 0.515. The molecule has 0 aliphatic heterocycles. The summed E-state index contributed by atoms with van der Waals surface area (Å²) in [4.78, 5) is 4.53. The zero-order valence-electron chi connectivity index (χ0n) is 10.6. The van der Waals surface area contributed by atoms with Gasteiger partial charge in [-0.05, 0) is 37.8 Å². The Morgan fingerprint density at radius 1 is 1.35 bits per heavy atom. The molecule has 1 unspecified atom stereocenters. The van der Waals surface area contributed by atoms with Crippen LogP contribution in [0.1, 0.15) is 44.6 Å². The van der Waals surface area contributed by atoms with E-state index in [1.54, 1.807) is 0 Å². The Morgan fingerprint density at radius 3 is 2.71 bits per heavy atom. The fraction of sp³-hybridized carbons (Fsp3) is 0.643. The SMILES string of the molecule is CC(N)Cc1ccc(SC2CCCCC2)nc1. The molecule has 1 aromatic heterocycles. The van der Waals surface area contributed by atoms with Crippen LogP contribution in [0.2, 0.25) is 0 Å². The van der Waals surface area contributed by atoms with E-state index in [0.29, 0.717) is 0 Å². The zero-order chi connectivity index (χ0) is 12.1. The predicted molar refractivity (Wildman–Crippen MR) is 74.3 cm³/mol. The molecule has 0 saturated heterocycles. The summed E-state index contributed by atoms with van der Waals surface area (Å²) in [5.74, 6) is 0. The molecule has 2 N–H and O–H groups in total. The molecule has 1 atom stereocenters. The molecule has 17 heavy (non-hydrogen) atoms. The van der Waals surface area contributed by atoms with Crippen molar-refractivity contribution >= 4 is 11.8 Å². The number of nitrogens with zero attached hydrogens (tertiary/aromatic N) is 1. The Kier molecular flexibility index (Phi) is 4.86. The molecule has 1 heterocycles. The summed E-state index contributed by atoms with van der Waals surface area (Å²) < 4.78 is 0. The first-order chi connectivity index (χ1) is 8.24. The van der Waals surface area contributed by atoms with Gasteiger partial charge in [-0.25, -0.2) is 4.98 Å². The molecule has 0 bridgehead atoms. The topological polar surface area (TPSA) is 38.9 Å². The van der Waals surface area contributed by atoms with E-state index in [4.69, 9.17) is 5.73 Å². The quantitative estimate of drug-likeness (QED) is 0.890. The third-order valence-electron chi connectivity index (χ3n) is 3.19. The number of rotatable bonds is 4. The van der Waals surface area contributed by atoms with Crippen LogP contribution in [0.15, 0.2) is 23.4 Å². The average Bonchev–Trinajstić information content (AvgIpc) is 2.32. The Hall–Kier alpha value is -0.540. The van der Waals surface area contributed by atoms with Crippen LogP contribution in [0.4, 0.5) is 0 Å². The predicted octanol–water partition coefficient (Wildman–Crippen LogP) is 3.40. The van der Waals surface area contributed by atoms with Gasteiger partial charge in [0.15, 0.2) is 0 Å². The maximum absolute atomic E-state index is 5.78. The van der Waals surface area contributed by atoms with Crippen LogP contribution in [-0.4, -0.2) is 16.3 Å². The van der Waals surface area contributed by atoms with E-state index in [0.717, 1.165) is 11.7 Å². The first kappa shape index (κ1) is 12.9. The summed E-state index contributed by atoms with van der Waals surface area (Å²) in [5, 5.41) is 1.96. The maximum Gasteiger partial charge on any atom is 0.0962 e. The van der Waals surface area contributed by atoms with Crippen LogP contribution in [0.5, 0.6) is 0 Å². The highest BCUT2D eigenvalue weighted by molar-refractivity contribution is 7.99. The van der Waals surface area contributed by atoms with Crippen molar-refractivity contribution in [3.8, 4) is 0 Å². The number of pyridine rings is 1. The van der Waals surface area contributed by atoms with Crippen LogP contribution >= 0.6 is 11.8 Å². The molecule has 0 radical (unpaired) electrons. The lowest BCUT2D eigenvalue weighted by Crippen LogP contribution is -2.17. The lowest BCUT2D eigenvalue weighted by Gasteiger charge is -2.20. The highest BCUT2D eigenvalue weighted by Crippen LogP contribution is 2.32. The summed E-state index contributed by atoms with van der Waals surface area (Å²) in [6, 6.07) is 4.53. The van der Waals surface area contributed by atoms with Gasteiger partial charge in [0.25, 0.3) is 0 Å². The highest BCUT2D eigenvalue weighted by Gasteiger charge is 2.14. The third-order valence-corrected chi connectivity index (χ3v) is 4.48. The van der Waals surface area contributed by atoms with Crippen molar-refractivity contribution in [1.29, 1.82) is 0 Å². The van der Waals surface area contributed by atoms with Crippen LogP contribution in [0.3, 0.4) is 0 Å². The standard InChI is InChI=1S/C14H22N2S/c1-11(15)9-12-7-8-14(16-10-12)17-13-5-3-2-4-6-13/h7-8,10-11,13H,2-6,9,15H2,1H3. The van der Waals surface area contributed by atoms with Gasteiger partial charge < -0.3 is 5.73 Å². The number of thioether (sulfide) groups is 1. The van der Waals surface area contributed by atoms with Gasteiger partial charge in [0.2, 0.25) is 0 Å². The summed E-state index contributed by atoms with van der Waals surface area (Å²) in [7, 11) is 0. The molecule has 0 amide bonds. The molecule has 1 aliphatic rings. The molecule has 1 aromatic rings. The molecule has 1 fully saturated rings. The summed E-state index contributed by atoms with van der Waals surface area (Å²) >= 11 is 1.95. The maximum atomic E-state index is 5.78. The normalized spacial score (nSPS) is 19.2. The smallest absolute Gasteiger partial charge is 0.0962 e. The van der Waals surface area contributed by atoms with Gasteiger partial charge in [0.1, 0.15) is 0 Å². The Bertz CT molecular complexity index is 329. The number of nitrogens with two attached hydrogens (primary N) is 1. The van der Waals surface area contributed by atoms with Crippen LogP contribution < -0.4 is 5.73 Å². The molecule has 2 nitrogen and oxygen atoms in total.